The first-order valence-electron chi connectivity index (χ1n) is 9.88. The maximum Gasteiger partial charge on any atom is 0.345 e. The van der Waals surface area contributed by atoms with Crippen LogP contribution in [0.25, 0.3) is 22.2 Å². The number of H-pyrrole nitrogens is 1. The van der Waals surface area contributed by atoms with Gasteiger partial charge in [-0.3, -0.25) is 4.79 Å². The van der Waals surface area contributed by atoms with Gasteiger partial charge in [-0.2, -0.15) is 0 Å². The van der Waals surface area contributed by atoms with Crippen LogP contribution in [0, 0.1) is 0 Å². The largest absolute Gasteiger partial charge is 0.506 e. The van der Waals surface area contributed by atoms with Crippen molar-refractivity contribution in [2.24, 2.45) is 7.05 Å². The summed E-state index contributed by atoms with van der Waals surface area (Å²) in [6.07, 6.45) is 1.24. The van der Waals surface area contributed by atoms with Gasteiger partial charge in [0.25, 0.3) is 5.56 Å². The molecule has 2 aromatic heterocycles. The SMILES string of the molecule is CCNCc1cc2cc3c(cc2n1C)C(C)CCc1c-3[nH]c(=O)c(C(=O)O)c1O. The molecule has 4 rings (SSSR count). The van der Waals surface area contributed by atoms with E-state index in [1.54, 1.807) is 0 Å². The number of hydrogen-bond donors (Lipinski definition) is 4. The van der Waals surface area contributed by atoms with Gasteiger partial charge in [0.15, 0.2) is 5.56 Å². The summed E-state index contributed by atoms with van der Waals surface area (Å²) in [5.74, 6) is -1.64. The highest BCUT2D eigenvalue weighted by Gasteiger charge is 2.28. The van der Waals surface area contributed by atoms with Gasteiger partial charge in [0.1, 0.15) is 5.75 Å². The molecule has 0 amide bonds. The highest BCUT2D eigenvalue weighted by molar-refractivity contribution is 5.93. The number of benzene rings is 1. The van der Waals surface area contributed by atoms with Crippen LogP contribution in [-0.4, -0.2) is 32.3 Å². The number of hydrogen-bond acceptors (Lipinski definition) is 4. The molecule has 1 atom stereocenters. The second kappa shape index (κ2) is 7.08. The maximum atomic E-state index is 12.4. The van der Waals surface area contributed by atoms with Crippen molar-refractivity contribution in [1.82, 2.24) is 14.9 Å². The normalized spacial score (nSPS) is 15.8. The average Bonchev–Trinajstić information content (AvgIpc) is 2.91. The Bertz CT molecular complexity index is 1190. The third-order valence-corrected chi connectivity index (χ3v) is 6.00. The van der Waals surface area contributed by atoms with Crippen LogP contribution in [0.5, 0.6) is 5.75 Å². The molecule has 0 fully saturated rings. The number of carboxylic acid groups (broad SMARTS) is 1. The number of aromatic carboxylic acids is 1. The van der Waals surface area contributed by atoms with Crippen LogP contribution in [0.4, 0.5) is 0 Å². The summed E-state index contributed by atoms with van der Waals surface area (Å²) in [5.41, 5.74) is 3.86. The molecule has 3 aromatic rings. The van der Waals surface area contributed by atoms with Gasteiger partial charge in [0.2, 0.25) is 0 Å². The Morgan fingerprint density at radius 3 is 2.79 bits per heavy atom. The minimum atomic E-state index is -1.42. The molecule has 0 saturated heterocycles. The topological polar surface area (TPSA) is 107 Å². The first-order valence-corrected chi connectivity index (χ1v) is 9.88. The predicted octanol–water partition coefficient (Wildman–Crippen LogP) is 3.10. The number of aromatic amines is 1. The van der Waals surface area contributed by atoms with Crippen LogP contribution in [0.3, 0.4) is 0 Å². The van der Waals surface area contributed by atoms with E-state index >= 15 is 0 Å². The maximum absolute atomic E-state index is 12.4. The average molecular weight is 395 g/mol. The molecule has 4 N–H and O–H groups in total. The van der Waals surface area contributed by atoms with Gasteiger partial charge in [-0.15, -0.1) is 0 Å². The zero-order chi connectivity index (χ0) is 20.9. The van der Waals surface area contributed by atoms with Gasteiger partial charge < -0.3 is 25.1 Å². The molecule has 1 unspecified atom stereocenters. The molecule has 29 heavy (non-hydrogen) atoms. The van der Waals surface area contributed by atoms with E-state index in [9.17, 15) is 19.8 Å². The lowest BCUT2D eigenvalue weighted by atomic mass is 9.92. The molecule has 7 heteroatoms. The van der Waals surface area contributed by atoms with Crippen LogP contribution in [0.2, 0.25) is 0 Å². The van der Waals surface area contributed by atoms with E-state index in [2.05, 4.69) is 40.8 Å². The predicted molar refractivity (Wildman–Crippen MR) is 112 cm³/mol. The number of pyridine rings is 1. The number of carboxylic acids is 1. The molecule has 0 bridgehead atoms. The second-order valence-corrected chi connectivity index (χ2v) is 7.75. The number of fused-ring (bicyclic) bond motifs is 4. The molecule has 0 spiro atoms. The molecule has 7 nitrogen and oxygen atoms in total. The van der Waals surface area contributed by atoms with Crippen molar-refractivity contribution in [3.05, 3.63) is 50.9 Å². The Labute approximate surface area is 168 Å². The molecule has 0 radical (unpaired) electrons. The first kappa shape index (κ1) is 19.3. The Balaban J connectivity index is 1.99. The van der Waals surface area contributed by atoms with Gasteiger partial charge in [-0.25, -0.2) is 4.79 Å². The summed E-state index contributed by atoms with van der Waals surface area (Å²) < 4.78 is 2.17. The van der Waals surface area contributed by atoms with Crippen LogP contribution in [0.1, 0.15) is 53.4 Å². The summed E-state index contributed by atoms with van der Waals surface area (Å²) >= 11 is 0. The van der Waals surface area contributed by atoms with E-state index in [-0.39, 0.29) is 5.92 Å². The quantitative estimate of drug-likeness (QED) is 0.543. The van der Waals surface area contributed by atoms with E-state index in [4.69, 9.17) is 0 Å². The molecule has 1 aliphatic rings. The third-order valence-electron chi connectivity index (χ3n) is 6.00. The van der Waals surface area contributed by atoms with Gasteiger partial charge in [0, 0.05) is 41.3 Å². The van der Waals surface area contributed by atoms with Gasteiger partial charge in [-0.1, -0.05) is 13.8 Å². The van der Waals surface area contributed by atoms with E-state index in [0.717, 1.165) is 47.2 Å². The summed E-state index contributed by atoms with van der Waals surface area (Å²) in [7, 11) is 2.05. The number of aromatic nitrogens is 2. The Hall–Kier alpha value is -3.06. The number of rotatable bonds is 4. The number of aryl methyl sites for hydroxylation is 1. The first-order chi connectivity index (χ1) is 13.8. The third kappa shape index (κ3) is 3.02. The van der Waals surface area contributed by atoms with Crippen molar-refractivity contribution in [3.8, 4) is 17.0 Å². The van der Waals surface area contributed by atoms with E-state index in [1.807, 2.05) is 13.1 Å². The van der Waals surface area contributed by atoms with Crippen LogP contribution in [0.15, 0.2) is 23.0 Å². The van der Waals surface area contributed by atoms with E-state index in [0.29, 0.717) is 17.7 Å². The minimum absolute atomic E-state index is 0.199. The van der Waals surface area contributed by atoms with Crippen molar-refractivity contribution >= 4 is 16.9 Å². The van der Waals surface area contributed by atoms with Crippen LogP contribution < -0.4 is 10.9 Å². The molecule has 1 aliphatic carbocycles. The molecule has 1 aromatic carbocycles. The zero-order valence-electron chi connectivity index (χ0n) is 16.8. The fraction of sp³-hybridized carbons (Fsp3) is 0.364. The van der Waals surface area contributed by atoms with Crippen molar-refractivity contribution in [3.63, 3.8) is 0 Å². The number of nitrogens with one attached hydrogen (secondary N) is 2. The van der Waals surface area contributed by atoms with E-state index < -0.39 is 22.8 Å². The van der Waals surface area contributed by atoms with Gasteiger partial charge in [-0.05, 0) is 49.1 Å². The molecule has 2 heterocycles. The van der Waals surface area contributed by atoms with E-state index in [1.165, 1.54) is 0 Å². The molecule has 0 aliphatic heterocycles. The monoisotopic (exact) mass is 395 g/mol. The summed E-state index contributed by atoms with van der Waals surface area (Å²) in [6, 6.07) is 6.31. The second-order valence-electron chi connectivity index (χ2n) is 7.75. The number of carbonyl (C=O) groups is 1. The fourth-order valence-corrected chi connectivity index (χ4v) is 4.32. The lowest BCUT2D eigenvalue weighted by molar-refractivity contribution is 0.0691. The van der Waals surface area contributed by atoms with Gasteiger partial charge >= 0.3 is 5.97 Å². The molecular formula is C22H25N3O4. The smallest absolute Gasteiger partial charge is 0.345 e. The van der Waals surface area contributed by atoms with Crippen molar-refractivity contribution in [1.29, 1.82) is 0 Å². The minimum Gasteiger partial charge on any atom is -0.506 e. The summed E-state index contributed by atoms with van der Waals surface area (Å²) in [4.78, 5) is 26.6. The standard InChI is InChI=1S/C22H25N3O4/c1-4-23-10-13-7-12-8-16-15(9-17(12)25(13)3)11(2)5-6-14-19(16)24-21(27)18(20(14)26)22(28)29/h7-9,11,23H,4-6,10H2,1-3H3,(H,28,29)(H2,24,26,27). The number of nitrogens with zero attached hydrogens (tertiary/aromatic N) is 1. The molecular weight excluding hydrogens is 370 g/mol. The van der Waals surface area contributed by atoms with Crippen molar-refractivity contribution < 1.29 is 15.0 Å². The van der Waals surface area contributed by atoms with Crippen LogP contribution in [-0.2, 0) is 20.0 Å². The molecule has 152 valence electrons. The fourth-order valence-electron chi connectivity index (χ4n) is 4.32. The summed E-state index contributed by atoms with van der Waals surface area (Å²) in [5, 5.41) is 24.3. The Morgan fingerprint density at radius 2 is 2.10 bits per heavy atom. The Morgan fingerprint density at radius 1 is 1.34 bits per heavy atom. The van der Waals surface area contributed by atoms with Crippen molar-refractivity contribution in [2.75, 3.05) is 6.54 Å². The lowest BCUT2D eigenvalue weighted by Gasteiger charge is -2.15. The van der Waals surface area contributed by atoms with Gasteiger partial charge in [0.05, 0.1) is 5.69 Å². The highest BCUT2D eigenvalue weighted by Crippen LogP contribution is 2.42. The highest BCUT2D eigenvalue weighted by atomic mass is 16.4. The number of aromatic hydroxyl groups is 1. The van der Waals surface area contributed by atoms with Crippen molar-refractivity contribution in [2.45, 2.75) is 39.2 Å². The molecule has 0 saturated carbocycles. The zero-order valence-corrected chi connectivity index (χ0v) is 16.8. The Kier molecular flexibility index (Phi) is 4.70. The summed E-state index contributed by atoms with van der Waals surface area (Å²) in [6.45, 7) is 5.83. The van der Waals surface area contributed by atoms with Crippen LogP contribution >= 0.6 is 0 Å². The lowest BCUT2D eigenvalue weighted by Crippen LogP contribution is -2.20.